The number of carboxylic acid groups (broad SMARTS) is 2. The number of H-pyrrole nitrogens is 2. The molecule has 2 saturated carbocycles. The molecule has 2 aromatic carbocycles. The summed E-state index contributed by atoms with van der Waals surface area (Å²) in [5, 5.41) is 35.8. The zero-order valence-corrected chi connectivity index (χ0v) is 24.3. The fourth-order valence-corrected chi connectivity index (χ4v) is 5.52. The zero-order valence-electron chi connectivity index (χ0n) is 24.3. The van der Waals surface area contributed by atoms with E-state index in [1.165, 1.54) is 23.9 Å². The molecule has 4 aromatic rings. The molecule has 6 rings (SSSR count). The van der Waals surface area contributed by atoms with Crippen molar-refractivity contribution in [1.82, 2.24) is 25.7 Å². The van der Waals surface area contributed by atoms with Crippen molar-refractivity contribution in [3.63, 3.8) is 0 Å². The van der Waals surface area contributed by atoms with Gasteiger partial charge >= 0.3 is 23.5 Å². The maximum Gasteiger partial charge on any atom is 0.386 e. The summed E-state index contributed by atoms with van der Waals surface area (Å²) >= 11 is 0. The molecule has 12 heteroatoms. The number of hydrogen-bond donors (Lipinski definition) is 4. The van der Waals surface area contributed by atoms with Crippen molar-refractivity contribution in [1.29, 1.82) is 0 Å². The number of aromatic nitrogens is 6. The number of hydrogen-bond acceptors (Lipinski definition) is 7. The highest BCUT2D eigenvalue weighted by molar-refractivity contribution is 5.87. The Morgan fingerprint density at radius 2 is 1.56 bits per heavy atom. The van der Waals surface area contributed by atoms with Crippen LogP contribution >= 0.6 is 0 Å². The topological polar surface area (TPSA) is 167 Å². The minimum atomic E-state index is -1.22. The number of benzene rings is 2. The molecular formula is C33H31N6O6+. The van der Waals surface area contributed by atoms with Gasteiger partial charge in [0.1, 0.15) is 17.5 Å². The van der Waals surface area contributed by atoms with Crippen LogP contribution in [0, 0.1) is 35.5 Å². The van der Waals surface area contributed by atoms with Gasteiger partial charge in [-0.1, -0.05) is 52.5 Å². The summed E-state index contributed by atoms with van der Waals surface area (Å²) in [6.45, 7) is 0. The van der Waals surface area contributed by atoms with Crippen molar-refractivity contribution in [2.45, 2.75) is 57.4 Å². The SMILES string of the molecule is O=C(O)c1[nH]nnc1Oc1cccc(C#CCC2CCC([n+]3n[nH]c(Oc4cccc(C#CCC5CCC5)c4)c3C(=O)O)C2)c1. The van der Waals surface area contributed by atoms with E-state index in [1.54, 1.807) is 30.3 Å². The van der Waals surface area contributed by atoms with Gasteiger partial charge in [0.05, 0.1) is 5.21 Å². The van der Waals surface area contributed by atoms with E-state index in [0.29, 0.717) is 29.4 Å². The molecule has 228 valence electrons. The molecule has 0 saturated heterocycles. The maximum atomic E-state index is 12.3. The quantitative estimate of drug-likeness (QED) is 0.149. The van der Waals surface area contributed by atoms with Gasteiger partial charge in [-0.2, -0.15) is 0 Å². The lowest BCUT2D eigenvalue weighted by atomic mass is 9.83. The van der Waals surface area contributed by atoms with Crippen LogP contribution in [0.5, 0.6) is 23.3 Å². The minimum Gasteiger partial charge on any atom is -0.476 e. The summed E-state index contributed by atoms with van der Waals surface area (Å²) < 4.78 is 13.0. The molecule has 2 aliphatic carbocycles. The molecule has 2 unspecified atom stereocenters. The number of nitrogens with zero attached hydrogens (tertiary/aromatic N) is 4. The van der Waals surface area contributed by atoms with E-state index in [1.807, 2.05) is 18.2 Å². The lowest BCUT2D eigenvalue weighted by molar-refractivity contribution is -0.778. The Bertz CT molecular complexity index is 1840. The fourth-order valence-electron chi connectivity index (χ4n) is 5.52. The van der Waals surface area contributed by atoms with Crippen LogP contribution in [0.3, 0.4) is 0 Å². The molecule has 2 aromatic heterocycles. The molecule has 45 heavy (non-hydrogen) atoms. The van der Waals surface area contributed by atoms with Crippen LogP contribution in [0.2, 0.25) is 0 Å². The van der Waals surface area contributed by atoms with Crippen molar-refractivity contribution in [3.05, 3.63) is 71.0 Å². The third-order valence-corrected chi connectivity index (χ3v) is 8.07. The molecule has 2 aliphatic rings. The Morgan fingerprint density at radius 1 is 0.867 bits per heavy atom. The molecule has 0 amide bonds. The second kappa shape index (κ2) is 13.3. The molecule has 12 nitrogen and oxygen atoms in total. The van der Waals surface area contributed by atoms with Crippen molar-refractivity contribution < 1.29 is 34.0 Å². The molecule has 2 heterocycles. The van der Waals surface area contributed by atoms with Gasteiger partial charge in [0.25, 0.3) is 5.88 Å². The van der Waals surface area contributed by atoms with Crippen molar-refractivity contribution >= 4 is 11.9 Å². The average molecular weight is 608 g/mol. The highest BCUT2D eigenvalue weighted by atomic mass is 16.5. The normalized spacial score (nSPS) is 17.3. The van der Waals surface area contributed by atoms with Crippen LogP contribution in [-0.2, 0) is 0 Å². The maximum absolute atomic E-state index is 12.3. The lowest BCUT2D eigenvalue weighted by Gasteiger charge is -2.22. The summed E-state index contributed by atoms with van der Waals surface area (Å²) in [6, 6.07) is 14.2. The highest BCUT2D eigenvalue weighted by Gasteiger charge is 2.38. The van der Waals surface area contributed by atoms with Gasteiger partial charge in [-0.15, -0.1) is 9.78 Å². The Hall–Kier alpha value is -5.62. The van der Waals surface area contributed by atoms with Gasteiger partial charge in [-0.3, -0.25) is 0 Å². The number of aromatic amines is 2. The minimum absolute atomic E-state index is 0.0248. The Balaban J connectivity index is 1.07. The molecule has 4 N–H and O–H groups in total. The van der Waals surface area contributed by atoms with E-state index in [4.69, 9.17) is 9.47 Å². The predicted octanol–water partition coefficient (Wildman–Crippen LogP) is 5.12. The predicted molar refractivity (Wildman–Crippen MR) is 159 cm³/mol. The first-order chi connectivity index (χ1) is 21.9. The summed E-state index contributed by atoms with van der Waals surface area (Å²) in [5.41, 5.74) is 1.25. The van der Waals surface area contributed by atoms with Gasteiger partial charge in [0, 0.05) is 24.0 Å². The standard InChI is InChI=1S/C33H30N6O6/c40-32(41)28-30(35-37-34-28)44-26-14-4-12-23(19-26)10-3-11-24-16-17-25(18-24)39-29(33(42)43)31(36-38-39)45-27-15-5-13-22(20-27)9-2-8-21-6-1-7-21/h4-5,12-15,19-21,24-25H,1,6-8,11,16-18H2,(H3,34,35,37,40,41,42,43)/p+1. The van der Waals surface area contributed by atoms with Crippen molar-refractivity contribution in [2.24, 2.45) is 11.8 Å². The number of rotatable bonds is 9. The molecule has 2 fully saturated rings. The van der Waals surface area contributed by atoms with Crippen LogP contribution in [0.25, 0.3) is 0 Å². The first-order valence-corrected chi connectivity index (χ1v) is 14.8. The fraction of sp³-hybridized carbons (Fsp3) is 0.333. The Labute approximate surface area is 258 Å². The number of carbonyl (C=O) groups is 2. The monoisotopic (exact) mass is 607 g/mol. The van der Waals surface area contributed by atoms with E-state index < -0.39 is 11.9 Å². The third-order valence-electron chi connectivity index (χ3n) is 8.07. The van der Waals surface area contributed by atoms with Crippen molar-refractivity contribution in [2.75, 3.05) is 0 Å². The zero-order chi connectivity index (χ0) is 31.2. The molecule has 2 atom stereocenters. The van der Waals surface area contributed by atoms with Gasteiger partial charge < -0.3 is 19.7 Å². The van der Waals surface area contributed by atoms with Gasteiger partial charge in [-0.05, 0) is 80.3 Å². The van der Waals surface area contributed by atoms with Gasteiger partial charge in [0.15, 0.2) is 0 Å². The smallest absolute Gasteiger partial charge is 0.386 e. The Kier molecular flexibility index (Phi) is 8.74. The van der Waals surface area contributed by atoms with Gasteiger partial charge in [0.2, 0.25) is 5.69 Å². The van der Waals surface area contributed by atoms with Crippen LogP contribution in [0.4, 0.5) is 0 Å². The number of aromatic carboxylic acids is 2. The lowest BCUT2D eigenvalue weighted by Crippen LogP contribution is -2.45. The van der Waals surface area contributed by atoms with E-state index in [9.17, 15) is 19.8 Å². The molecule has 0 bridgehead atoms. The second-order valence-electron chi connectivity index (χ2n) is 11.2. The number of nitrogens with one attached hydrogen (secondary N) is 2. The number of ether oxygens (including phenoxy) is 2. The molecule has 0 spiro atoms. The highest BCUT2D eigenvalue weighted by Crippen LogP contribution is 2.34. The number of carboxylic acids is 2. The van der Waals surface area contributed by atoms with Crippen molar-refractivity contribution in [3.8, 4) is 46.9 Å². The van der Waals surface area contributed by atoms with E-state index in [0.717, 1.165) is 31.2 Å². The van der Waals surface area contributed by atoms with Crippen LogP contribution in [-0.4, -0.2) is 47.9 Å². The summed E-state index contributed by atoms with van der Waals surface area (Å²) in [4.78, 5) is 23.5. The third kappa shape index (κ3) is 7.13. The summed E-state index contributed by atoms with van der Waals surface area (Å²) in [7, 11) is 0. The molecule has 0 radical (unpaired) electrons. The largest absolute Gasteiger partial charge is 0.476 e. The summed E-state index contributed by atoms with van der Waals surface area (Å²) in [5.74, 6) is 12.2. The van der Waals surface area contributed by atoms with E-state index >= 15 is 0 Å². The first kappa shape index (κ1) is 29.5. The summed E-state index contributed by atoms with van der Waals surface area (Å²) in [6.07, 6.45) is 7.68. The van der Waals surface area contributed by atoms with E-state index in [2.05, 4.69) is 49.4 Å². The Morgan fingerprint density at radius 3 is 2.20 bits per heavy atom. The molecule has 0 aliphatic heterocycles. The second-order valence-corrected chi connectivity index (χ2v) is 11.2. The first-order valence-electron chi connectivity index (χ1n) is 14.8. The molecular weight excluding hydrogens is 576 g/mol. The van der Waals surface area contributed by atoms with Crippen LogP contribution in [0.1, 0.15) is 89.5 Å². The van der Waals surface area contributed by atoms with Crippen LogP contribution < -0.4 is 14.2 Å². The van der Waals surface area contributed by atoms with Crippen LogP contribution in [0.15, 0.2) is 48.5 Å². The average Bonchev–Trinajstić information content (AvgIpc) is 3.75. The van der Waals surface area contributed by atoms with Gasteiger partial charge in [-0.25, -0.2) is 14.7 Å². The van der Waals surface area contributed by atoms with E-state index in [-0.39, 0.29) is 35.1 Å².